The zero-order valence-corrected chi connectivity index (χ0v) is 20.9. The van der Waals surface area contributed by atoms with Crippen molar-refractivity contribution in [2.24, 2.45) is 0 Å². The first-order chi connectivity index (χ1) is 17.0. The van der Waals surface area contributed by atoms with Gasteiger partial charge in [-0.3, -0.25) is 28.2 Å². The smallest absolute Gasteiger partial charge is 0.302 e. The van der Waals surface area contributed by atoms with E-state index in [2.05, 4.69) is 0 Å². The Morgan fingerprint density at radius 3 is 2.00 bits per heavy atom. The molecule has 8 nitrogen and oxygen atoms in total. The molecule has 2 heterocycles. The lowest BCUT2D eigenvalue weighted by Gasteiger charge is -2.22. The standard InChI is InChI=1S/C26H19O8PS/c1-26(2)17(33-35(31,32)34-26)10-8-12-7-9-15-16(11-12)21(28)19-18-20(27)13-5-3-4-6-14(13)22(29)24(18)36-25(19)23(15)30/h3-7,9,11,17H,8,10H2,1-2H3,(H,31,32). The predicted molar refractivity (Wildman–Crippen MR) is 140 cm³/mol. The van der Waals surface area contributed by atoms with Crippen LogP contribution in [-0.4, -0.2) is 16.6 Å². The third kappa shape index (κ3) is 3.35. The Labute approximate surface area is 206 Å². The lowest BCUT2D eigenvalue weighted by Crippen LogP contribution is -2.33. The lowest BCUT2D eigenvalue weighted by molar-refractivity contribution is 0.0670. The maximum absolute atomic E-state index is 13.6. The first-order valence-corrected chi connectivity index (χ1v) is 13.6. The normalized spacial score (nSPS) is 21.8. The largest absolute Gasteiger partial charge is 0.473 e. The molecule has 182 valence electrons. The van der Waals surface area contributed by atoms with Crippen molar-refractivity contribution in [2.45, 2.75) is 38.4 Å². The first-order valence-electron chi connectivity index (χ1n) is 11.3. The highest BCUT2D eigenvalue weighted by Crippen LogP contribution is 2.57. The van der Waals surface area contributed by atoms with E-state index in [0.717, 1.165) is 11.3 Å². The Balaban J connectivity index is 1.54. The SMILES string of the molecule is CC1(C)OP(=O)(O)OC1CCc1ccc2c(=O)c3sc4c(=O)c5ccccc5c(=O)c4c3c(=O)c2c1. The molecule has 1 aliphatic rings. The van der Waals surface area contributed by atoms with E-state index in [1.54, 1.807) is 56.3 Å². The van der Waals surface area contributed by atoms with Crippen LogP contribution in [0.15, 0.2) is 61.6 Å². The summed E-state index contributed by atoms with van der Waals surface area (Å²) in [6, 6.07) is 11.3. The van der Waals surface area contributed by atoms with E-state index in [4.69, 9.17) is 9.05 Å². The van der Waals surface area contributed by atoms with Gasteiger partial charge in [0.2, 0.25) is 10.9 Å². The predicted octanol–water partition coefficient (Wildman–Crippen LogP) is 3.90. The van der Waals surface area contributed by atoms with Crippen molar-refractivity contribution in [3.05, 3.63) is 88.9 Å². The van der Waals surface area contributed by atoms with Crippen molar-refractivity contribution in [3.63, 3.8) is 0 Å². The summed E-state index contributed by atoms with van der Waals surface area (Å²) in [5.74, 6) is 0. The second kappa shape index (κ2) is 7.71. The minimum atomic E-state index is -4.11. The van der Waals surface area contributed by atoms with Gasteiger partial charge in [-0.2, -0.15) is 0 Å². The van der Waals surface area contributed by atoms with E-state index in [1.807, 2.05) is 0 Å². The van der Waals surface area contributed by atoms with Gasteiger partial charge in [0.25, 0.3) is 0 Å². The number of phosphoric ester groups is 1. The average Bonchev–Trinajstić information content (AvgIpc) is 3.34. The summed E-state index contributed by atoms with van der Waals surface area (Å²) in [5.41, 5.74) is -1.92. The number of hydrogen-bond donors (Lipinski definition) is 1. The summed E-state index contributed by atoms with van der Waals surface area (Å²) in [5, 5.41) is 0.866. The molecule has 0 spiro atoms. The van der Waals surface area contributed by atoms with Crippen LogP contribution in [0.3, 0.4) is 0 Å². The molecule has 0 saturated carbocycles. The molecule has 2 atom stereocenters. The summed E-state index contributed by atoms with van der Waals surface area (Å²) >= 11 is 0.898. The molecule has 1 fully saturated rings. The molecule has 1 saturated heterocycles. The maximum Gasteiger partial charge on any atom is 0.473 e. The number of rotatable bonds is 3. The molecule has 10 heteroatoms. The van der Waals surface area contributed by atoms with E-state index in [0.29, 0.717) is 18.4 Å². The van der Waals surface area contributed by atoms with Crippen molar-refractivity contribution < 1.29 is 18.5 Å². The van der Waals surface area contributed by atoms with Gasteiger partial charge < -0.3 is 4.89 Å². The highest BCUT2D eigenvalue weighted by Gasteiger charge is 2.49. The fourth-order valence-corrected chi connectivity index (χ4v) is 7.71. The molecule has 5 aromatic rings. The molecule has 1 aromatic heterocycles. The number of aryl methyl sites for hydroxylation is 1. The molecule has 1 aliphatic heterocycles. The molecule has 6 rings (SSSR count). The van der Waals surface area contributed by atoms with Crippen molar-refractivity contribution in [3.8, 4) is 0 Å². The van der Waals surface area contributed by atoms with Crippen molar-refractivity contribution in [1.29, 1.82) is 0 Å². The average molecular weight is 522 g/mol. The summed E-state index contributed by atoms with van der Waals surface area (Å²) in [7, 11) is -4.11. The van der Waals surface area contributed by atoms with Crippen LogP contribution in [0.25, 0.3) is 41.7 Å². The molecule has 36 heavy (non-hydrogen) atoms. The summed E-state index contributed by atoms with van der Waals surface area (Å²) < 4.78 is 22.4. The number of hydrogen-bond acceptors (Lipinski definition) is 8. The van der Waals surface area contributed by atoms with Crippen LogP contribution in [0.1, 0.15) is 25.8 Å². The second-order valence-electron chi connectivity index (χ2n) is 9.55. The van der Waals surface area contributed by atoms with Crippen molar-refractivity contribution >= 4 is 60.9 Å². The Morgan fingerprint density at radius 2 is 1.42 bits per heavy atom. The Bertz CT molecular complexity index is 2020. The van der Waals surface area contributed by atoms with Crippen molar-refractivity contribution in [2.75, 3.05) is 0 Å². The van der Waals surface area contributed by atoms with E-state index in [1.165, 1.54) is 0 Å². The number of thiophene rings is 1. The summed E-state index contributed by atoms with van der Waals surface area (Å²) in [6.45, 7) is 3.33. The van der Waals surface area contributed by atoms with Crippen LogP contribution >= 0.6 is 19.2 Å². The maximum atomic E-state index is 13.6. The third-order valence-corrected chi connectivity index (χ3v) is 9.26. The van der Waals surface area contributed by atoms with E-state index in [-0.39, 0.29) is 47.1 Å². The topological polar surface area (TPSA) is 124 Å². The van der Waals surface area contributed by atoms with E-state index >= 15 is 0 Å². The highest BCUT2D eigenvalue weighted by atomic mass is 32.1. The zero-order valence-electron chi connectivity index (χ0n) is 19.2. The molecule has 0 radical (unpaired) electrons. The van der Waals surface area contributed by atoms with Gasteiger partial charge in [-0.05, 0) is 44.4 Å². The number of phosphoric acid groups is 1. The zero-order chi connectivity index (χ0) is 25.6. The molecule has 1 N–H and O–H groups in total. The minimum Gasteiger partial charge on any atom is -0.302 e. The van der Waals surface area contributed by atoms with Crippen LogP contribution in [0.5, 0.6) is 0 Å². The second-order valence-corrected chi connectivity index (χ2v) is 11.9. The van der Waals surface area contributed by atoms with Gasteiger partial charge in [-0.1, -0.05) is 30.3 Å². The van der Waals surface area contributed by atoms with Crippen LogP contribution in [0.4, 0.5) is 0 Å². The highest BCUT2D eigenvalue weighted by molar-refractivity contribution is 7.47. The molecule has 4 aromatic carbocycles. The van der Waals surface area contributed by atoms with Gasteiger partial charge in [-0.25, -0.2) is 4.57 Å². The molecular formula is C26H19O8PS. The van der Waals surface area contributed by atoms with Gasteiger partial charge in [0.05, 0.1) is 26.3 Å². The van der Waals surface area contributed by atoms with E-state index in [9.17, 15) is 28.6 Å². The molecule has 0 amide bonds. The van der Waals surface area contributed by atoms with Gasteiger partial charge in [0, 0.05) is 21.5 Å². The lowest BCUT2D eigenvalue weighted by atomic mass is 9.94. The molecule has 2 unspecified atom stereocenters. The fraction of sp³-hybridized carbons (Fsp3) is 0.231. The van der Waals surface area contributed by atoms with Gasteiger partial charge in [-0.15, -0.1) is 11.3 Å². The van der Waals surface area contributed by atoms with Crippen LogP contribution in [0.2, 0.25) is 0 Å². The fourth-order valence-electron chi connectivity index (χ4n) is 5.07. The molecule has 0 aliphatic carbocycles. The third-order valence-electron chi connectivity index (χ3n) is 6.85. The molecular weight excluding hydrogens is 503 g/mol. The van der Waals surface area contributed by atoms with Gasteiger partial charge >= 0.3 is 7.82 Å². The quantitative estimate of drug-likeness (QED) is 0.354. The van der Waals surface area contributed by atoms with Gasteiger partial charge in [0.1, 0.15) is 5.60 Å². The summed E-state index contributed by atoms with van der Waals surface area (Å²) in [4.78, 5) is 63.0. The Hall–Kier alpha value is -3.07. The van der Waals surface area contributed by atoms with Crippen LogP contribution < -0.4 is 21.7 Å². The van der Waals surface area contributed by atoms with Crippen LogP contribution in [0, 0.1) is 0 Å². The minimum absolute atomic E-state index is 0.00468. The molecule has 0 bridgehead atoms. The first kappa shape index (κ1) is 23.3. The van der Waals surface area contributed by atoms with E-state index < -0.39 is 35.8 Å². The number of fused-ring (bicyclic) bond motifs is 5. The monoisotopic (exact) mass is 522 g/mol. The Kier molecular flexibility index (Phi) is 5.00. The Morgan fingerprint density at radius 1 is 0.861 bits per heavy atom. The number of benzene rings is 4. The van der Waals surface area contributed by atoms with Crippen molar-refractivity contribution in [1.82, 2.24) is 0 Å². The van der Waals surface area contributed by atoms with Gasteiger partial charge in [0.15, 0.2) is 10.9 Å². The summed E-state index contributed by atoms with van der Waals surface area (Å²) in [6.07, 6.45) is 0.105. The van der Waals surface area contributed by atoms with Crippen LogP contribution in [-0.2, 0) is 20.0 Å².